The van der Waals surface area contributed by atoms with Gasteiger partial charge in [-0.15, -0.1) is 0 Å². The Hall–Kier alpha value is -4.06. The van der Waals surface area contributed by atoms with E-state index in [1.165, 1.54) is 30.5 Å². The van der Waals surface area contributed by atoms with Crippen LogP contribution < -0.4 is 19.9 Å². The maximum absolute atomic E-state index is 14.0. The topological polar surface area (TPSA) is 197 Å². The van der Waals surface area contributed by atoms with Crippen molar-refractivity contribution in [1.82, 2.24) is 14.7 Å². The fraction of sp³-hybridized carbons (Fsp3) is 0.512. The van der Waals surface area contributed by atoms with Gasteiger partial charge >= 0.3 is 19.6 Å². The van der Waals surface area contributed by atoms with E-state index in [0.29, 0.717) is 30.1 Å². The Balaban J connectivity index is 1.31. The first kappa shape index (κ1) is 46.0. The number of amides is 1. The Bertz CT molecular complexity index is 1950. The monoisotopic (exact) mass is 861 g/mol. The normalized spacial score (nSPS) is 20.3. The molecule has 0 spiro atoms. The molecule has 0 bridgehead atoms. The van der Waals surface area contributed by atoms with Crippen LogP contribution >= 0.6 is 7.52 Å². The number of nitrogens with one attached hydrogen (secondary N) is 2. The molecule has 5 rings (SSSR count). The number of hydrogen-bond acceptors (Lipinski definition) is 13. The molecule has 1 amide bonds. The smallest absolute Gasteiger partial charge is 0.407 e. The van der Waals surface area contributed by atoms with Crippen molar-refractivity contribution in [3.63, 3.8) is 0 Å². The first-order valence-electron chi connectivity index (χ1n) is 19.7. The number of nitrogens with zero attached hydrogens (tertiary/aromatic N) is 1. The molecule has 2 aliphatic rings. The van der Waals surface area contributed by atoms with Gasteiger partial charge in [0.05, 0.1) is 56.5 Å². The van der Waals surface area contributed by atoms with Crippen LogP contribution in [0.25, 0.3) is 0 Å². The lowest BCUT2D eigenvalue weighted by atomic mass is 10.0. The number of rotatable bonds is 22. The SMILES string of the molecule is CCOC(=O)[C@H](C)NP(=O)(COc1ccc(C[C@H](NC(=O)O[C@H]2CO[C@H]3OCC[C@H]32)[C@H](O)CN(CC(C)C)S(=O)(=O)c2ccc(OC)cc2)cc1)OCc1ccccc1. The van der Waals surface area contributed by atoms with E-state index in [1.54, 1.807) is 43.3 Å². The maximum atomic E-state index is 14.0. The lowest BCUT2D eigenvalue weighted by Gasteiger charge is -2.31. The van der Waals surface area contributed by atoms with Crippen LogP contribution in [0.4, 0.5) is 4.79 Å². The number of hydrogen-bond donors (Lipinski definition) is 3. The predicted molar refractivity (Wildman–Crippen MR) is 217 cm³/mol. The number of benzene rings is 3. The molecule has 16 nitrogen and oxygen atoms in total. The van der Waals surface area contributed by atoms with Crippen molar-refractivity contribution < 1.29 is 60.6 Å². The fourth-order valence-corrected chi connectivity index (χ4v) is 9.90. The summed E-state index contributed by atoms with van der Waals surface area (Å²) in [6.07, 6.45) is -2.83. The van der Waals surface area contributed by atoms with E-state index in [1.807, 2.05) is 44.2 Å². The van der Waals surface area contributed by atoms with Crippen molar-refractivity contribution in [3.8, 4) is 11.5 Å². The zero-order chi connectivity index (χ0) is 42.6. The number of methoxy groups -OCH3 is 1. The van der Waals surface area contributed by atoms with Crippen LogP contribution in [0.15, 0.2) is 83.8 Å². The van der Waals surface area contributed by atoms with E-state index in [0.717, 1.165) is 5.56 Å². The van der Waals surface area contributed by atoms with Crippen molar-refractivity contribution >= 4 is 29.6 Å². The standard InChI is InChI=1S/C41H56N3O13PS/c1-6-52-39(46)29(4)43-58(48,56-25-31-10-8-7-9-11-31)27-55-33-14-12-30(13-15-33)22-36(42-41(47)57-38-26-54-40-35(38)20-21-53-40)37(45)24-44(23-28(2)3)59(49,50)34-18-16-32(51-5)17-19-34/h7-19,28-29,35-38,40,45H,6,20-27H2,1-5H3,(H,42,47)(H,43,48)/t29-,35-,36-,37+,38-,40+,58?/m0/s1. The zero-order valence-corrected chi connectivity index (χ0v) is 35.8. The summed E-state index contributed by atoms with van der Waals surface area (Å²) in [5, 5.41) is 17.3. The Morgan fingerprint density at radius 2 is 1.64 bits per heavy atom. The number of esters is 1. The van der Waals surface area contributed by atoms with Crippen LogP contribution in [0.5, 0.6) is 11.5 Å². The molecule has 0 radical (unpaired) electrons. The van der Waals surface area contributed by atoms with Crippen molar-refractivity contribution in [1.29, 1.82) is 0 Å². The van der Waals surface area contributed by atoms with Gasteiger partial charge in [0.25, 0.3) is 0 Å². The van der Waals surface area contributed by atoms with Gasteiger partial charge in [-0.3, -0.25) is 9.36 Å². The maximum Gasteiger partial charge on any atom is 0.407 e. The number of ether oxygens (including phenoxy) is 6. The zero-order valence-electron chi connectivity index (χ0n) is 34.1. The molecule has 3 N–H and O–H groups in total. The van der Waals surface area contributed by atoms with E-state index >= 15 is 0 Å². The van der Waals surface area contributed by atoms with E-state index in [2.05, 4.69) is 10.4 Å². The molecular weight excluding hydrogens is 805 g/mol. The molecule has 3 aromatic rings. The van der Waals surface area contributed by atoms with Gasteiger partial charge in [-0.1, -0.05) is 56.3 Å². The highest BCUT2D eigenvalue weighted by molar-refractivity contribution is 7.89. The highest BCUT2D eigenvalue weighted by Gasteiger charge is 2.44. The summed E-state index contributed by atoms with van der Waals surface area (Å²) in [4.78, 5) is 25.8. The van der Waals surface area contributed by atoms with Crippen LogP contribution in [-0.4, -0.2) is 107 Å². The third-order valence-corrected chi connectivity index (χ3v) is 13.4. The van der Waals surface area contributed by atoms with Crippen LogP contribution in [-0.2, 0) is 55.9 Å². The second kappa shape index (κ2) is 21.5. The fourth-order valence-electron chi connectivity index (χ4n) is 6.68. The molecular formula is C41H56N3O13PS. The molecule has 18 heteroatoms. The number of carbonyl (C=O) groups is 2. The minimum atomic E-state index is -4.08. The molecule has 0 aromatic heterocycles. The number of carbonyl (C=O) groups excluding carboxylic acids is 2. The quantitative estimate of drug-likeness (QED) is 0.0893. The molecule has 7 atom stereocenters. The van der Waals surface area contributed by atoms with Crippen LogP contribution in [0, 0.1) is 11.8 Å². The largest absolute Gasteiger partial charge is 0.497 e. The van der Waals surface area contributed by atoms with Crippen LogP contribution in [0.1, 0.15) is 45.2 Å². The van der Waals surface area contributed by atoms with Crippen molar-refractivity contribution in [3.05, 3.63) is 90.0 Å². The Labute approximate surface area is 346 Å². The van der Waals surface area contributed by atoms with Gasteiger partial charge < -0.3 is 43.4 Å². The predicted octanol–water partition coefficient (Wildman–Crippen LogP) is 5.09. The molecule has 324 valence electrons. The number of aliphatic hydroxyl groups is 1. The van der Waals surface area contributed by atoms with Crippen molar-refractivity contribution in [2.75, 3.05) is 46.4 Å². The molecule has 1 unspecified atom stereocenters. The third kappa shape index (κ3) is 13.2. The van der Waals surface area contributed by atoms with Crippen molar-refractivity contribution in [2.24, 2.45) is 11.8 Å². The Morgan fingerprint density at radius 3 is 2.31 bits per heavy atom. The number of alkyl carbamates (subject to hydrolysis) is 1. The summed E-state index contributed by atoms with van der Waals surface area (Å²) in [5.74, 6) is 0.0257. The van der Waals surface area contributed by atoms with Gasteiger partial charge in [0.2, 0.25) is 10.0 Å². The second-order valence-electron chi connectivity index (χ2n) is 14.8. The molecule has 2 fully saturated rings. The molecule has 0 aliphatic carbocycles. The van der Waals surface area contributed by atoms with Crippen molar-refractivity contribution in [2.45, 2.75) is 82.6 Å². The summed E-state index contributed by atoms with van der Waals surface area (Å²) < 4.78 is 82.0. The minimum Gasteiger partial charge on any atom is -0.497 e. The second-order valence-corrected chi connectivity index (χ2v) is 18.9. The highest BCUT2D eigenvalue weighted by Crippen LogP contribution is 2.44. The Kier molecular flexibility index (Phi) is 16.7. The average molecular weight is 862 g/mol. The first-order valence-corrected chi connectivity index (χ1v) is 22.9. The molecule has 3 aromatic carbocycles. The summed E-state index contributed by atoms with van der Waals surface area (Å²) >= 11 is 0. The van der Waals surface area contributed by atoms with E-state index in [9.17, 15) is 27.7 Å². The lowest BCUT2D eigenvalue weighted by Crippen LogP contribution is -2.51. The number of sulfonamides is 1. The van der Waals surface area contributed by atoms with Gasteiger partial charge in [-0.25, -0.2) is 18.3 Å². The lowest BCUT2D eigenvalue weighted by molar-refractivity contribution is -0.144. The average Bonchev–Trinajstić information content (AvgIpc) is 3.85. The number of fused-ring (bicyclic) bond motifs is 1. The number of aliphatic hydroxyl groups excluding tert-OH is 1. The van der Waals surface area contributed by atoms with Gasteiger partial charge in [0.15, 0.2) is 12.6 Å². The summed E-state index contributed by atoms with van der Waals surface area (Å²) in [7, 11) is -6.37. The molecule has 0 saturated carbocycles. The van der Waals surface area contributed by atoms with Crippen LogP contribution in [0.3, 0.4) is 0 Å². The van der Waals surface area contributed by atoms with Gasteiger partial charge in [-0.2, -0.15) is 4.31 Å². The summed E-state index contributed by atoms with van der Waals surface area (Å²) in [6.45, 7) is 7.53. The van der Waals surface area contributed by atoms with Gasteiger partial charge in [-0.05, 0) is 80.1 Å². The summed E-state index contributed by atoms with van der Waals surface area (Å²) in [5.41, 5.74) is 1.43. The van der Waals surface area contributed by atoms with E-state index in [4.69, 9.17) is 32.9 Å². The van der Waals surface area contributed by atoms with Gasteiger partial charge in [0.1, 0.15) is 23.6 Å². The molecule has 2 aliphatic heterocycles. The molecule has 2 heterocycles. The first-order chi connectivity index (χ1) is 28.2. The van der Waals surface area contributed by atoms with E-state index < -0.39 is 66.5 Å². The third-order valence-electron chi connectivity index (χ3n) is 9.76. The molecule has 59 heavy (non-hydrogen) atoms. The minimum absolute atomic E-state index is 0.000884. The highest BCUT2D eigenvalue weighted by atomic mass is 32.2. The molecule has 2 saturated heterocycles. The van der Waals surface area contributed by atoms with Crippen LogP contribution in [0.2, 0.25) is 0 Å². The van der Waals surface area contributed by atoms with E-state index in [-0.39, 0.29) is 56.1 Å². The Morgan fingerprint density at radius 1 is 0.949 bits per heavy atom. The van der Waals surface area contributed by atoms with Gasteiger partial charge in [0, 0.05) is 13.1 Å². The summed E-state index contributed by atoms with van der Waals surface area (Å²) in [6, 6.07) is 19.9.